The topological polar surface area (TPSA) is 27.1 Å². The van der Waals surface area contributed by atoms with Gasteiger partial charge in [-0.05, 0) is 32.1 Å². The molecule has 2 fully saturated rings. The van der Waals surface area contributed by atoms with E-state index in [0.717, 1.165) is 18.9 Å². The highest BCUT2D eigenvalue weighted by atomic mass is 15.2. The van der Waals surface area contributed by atoms with Gasteiger partial charge in [0.25, 0.3) is 0 Å². The quantitative estimate of drug-likeness (QED) is 0.469. The van der Waals surface area contributed by atoms with Gasteiger partial charge in [-0.25, -0.2) is 0 Å². The summed E-state index contributed by atoms with van der Waals surface area (Å²) in [7, 11) is 0. The molecular formula is C10H18N2. The van der Waals surface area contributed by atoms with Gasteiger partial charge < -0.3 is 4.90 Å². The van der Waals surface area contributed by atoms with Crippen LogP contribution in [0.1, 0.15) is 39.0 Å². The van der Waals surface area contributed by atoms with Crippen molar-refractivity contribution in [3.05, 3.63) is 0 Å². The maximum Gasteiger partial charge on any atom is 0.102 e. The van der Waals surface area contributed by atoms with Crippen molar-refractivity contribution in [2.75, 3.05) is 13.1 Å². The molecular weight excluding hydrogens is 148 g/mol. The Balaban J connectivity index is 1.94. The van der Waals surface area contributed by atoms with Crippen molar-refractivity contribution in [3.8, 4) is 0 Å². The van der Waals surface area contributed by atoms with E-state index in [0.29, 0.717) is 0 Å². The Morgan fingerprint density at radius 3 is 2.25 bits per heavy atom. The number of likely N-dealkylation sites (tertiary alicyclic amines) is 1. The van der Waals surface area contributed by atoms with Gasteiger partial charge in [-0.1, -0.05) is 6.92 Å². The van der Waals surface area contributed by atoms with Crippen LogP contribution in [0, 0.1) is 10.8 Å². The molecule has 1 heterocycles. The molecule has 0 bridgehead atoms. The molecule has 0 radical (unpaired) electrons. The minimum absolute atomic E-state index is 0.275. The van der Waals surface area contributed by atoms with Gasteiger partial charge in [-0.2, -0.15) is 0 Å². The first-order valence-electron chi connectivity index (χ1n) is 5.06. The van der Waals surface area contributed by atoms with Crippen molar-refractivity contribution in [3.63, 3.8) is 0 Å². The van der Waals surface area contributed by atoms with Crippen LogP contribution in [0.25, 0.3) is 0 Å². The number of hydrogen-bond acceptors (Lipinski definition) is 1. The summed E-state index contributed by atoms with van der Waals surface area (Å²) in [5, 5.41) is 8.02. The Kier molecular flexibility index (Phi) is 1.85. The number of piperidine rings is 1. The fourth-order valence-electron chi connectivity index (χ4n) is 1.92. The number of hydrogen-bond donors (Lipinski definition) is 1. The lowest BCUT2D eigenvalue weighted by molar-refractivity contribution is 0.323. The Labute approximate surface area is 74.5 Å². The highest BCUT2D eigenvalue weighted by Crippen LogP contribution is 2.46. The minimum Gasteiger partial charge on any atom is -0.360 e. The van der Waals surface area contributed by atoms with Crippen molar-refractivity contribution < 1.29 is 0 Å². The molecule has 1 aliphatic heterocycles. The maximum absolute atomic E-state index is 8.02. The SMILES string of the molecule is CC1(C(=N)N2CCCCC2)CC1. The van der Waals surface area contributed by atoms with Crippen LogP contribution in [0.4, 0.5) is 0 Å². The lowest BCUT2D eigenvalue weighted by atomic mass is 10.0. The first kappa shape index (κ1) is 8.09. The molecule has 1 N–H and O–H groups in total. The molecule has 2 heteroatoms. The molecule has 0 aromatic rings. The van der Waals surface area contributed by atoms with Crippen LogP contribution in [0.5, 0.6) is 0 Å². The fraction of sp³-hybridized carbons (Fsp3) is 0.900. The molecule has 1 saturated heterocycles. The van der Waals surface area contributed by atoms with Gasteiger partial charge in [-0.3, -0.25) is 5.41 Å². The summed E-state index contributed by atoms with van der Waals surface area (Å²) < 4.78 is 0. The largest absolute Gasteiger partial charge is 0.360 e. The van der Waals surface area contributed by atoms with E-state index < -0.39 is 0 Å². The molecule has 0 aromatic heterocycles. The normalized spacial score (nSPS) is 26.9. The third kappa shape index (κ3) is 1.35. The van der Waals surface area contributed by atoms with Gasteiger partial charge in [-0.15, -0.1) is 0 Å². The predicted molar refractivity (Wildman–Crippen MR) is 50.5 cm³/mol. The van der Waals surface area contributed by atoms with E-state index in [2.05, 4.69) is 11.8 Å². The van der Waals surface area contributed by atoms with E-state index in [1.165, 1.54) is 32.1 Å². The molecule has 12 heavy (non-hydrogen) atoms. The Morgan fingerprint density at radius 2 is 1.75 bits per heavy atom. The molecule has 1 aliphatic carbocycles. The third-order valence-electron chi connectivity index (χ3n) is 3.24. The van der Waals surface area contributed by atoms with Crippen molar-refractivity contribution >= 4 is 5.84 Å². The highest BCUT2D eigenvalue weighted by molar-refractivity contribution is 5.87. The summed E-state index contributed by atoms with van der Waals surface area (Å²) >= 11 is 0. The van der Waals surface area contributed by atoms with Gasteiger partial charge in [0.1, 0.15) is 5.84 Å². The predicted octanol–water partition coefficient (Wildman–Crippen LogP) is 2.25. The molecule has 0 atom stereocenters. The van der Waals surface area contributed by atoms with Gasteiger partial charge in [0.15, 0.2) is 0 Å². The van der Waals surface area contributed by atoms with Crippen molar-refractivity contribution in [1.82, 2.24) is 4.90 Å². The lowest BCUT2D eigenvalue weighted by Gasteiger charge is -2.31. The van der Waals surface area contributed by atoms with Gasteiger partial charge in [0.2, 0.25) is 0 Å². The molecule has 0 amide bonds. The zero-order valence-electron chi connectivity index (χ0n) is 7.90. The van der Waals surface area contributed by atoms with Crippen LogP contribution in [0.3, 0.4) is 0 Å². The molecule has 0 unspecified atom stereocenters. The first-order chi connectivity index (χ1) is 5.72. The highest BCUT2D eigenvalue weighted by Gasteiger charge is 2.44. The van der Waals surface area contributed by atoms with Crippen LogP contribution in [0.2, 0.25) is 0 Å². The summed E-state index contributed by atoms with van der Waals surface area (Å²) in [6.07, 6.45) is 6.42. The molecule has 2 rings (SSSR count). The zero-order chi connectivity index (χ0) is 8.60. The molecule has 68 valence electrons. The molecule has 2 aliphatic rings. The fourth-order valence-corrected chi connectivity index (χ4v) is 1.92. The Hall–Kier alpha value is -0.530. The van der Waals surface area contributed by atoms with Gasteiger partial charge in [0.05, 0.1) is 0 Å². The standard InChI is InChI=1S/C10H18N2/c1-10(5-6-10)9(11)12-7-3-2-4-8-12/h11H,2-8H2,1H3. The van der Waals surface area contributed by atoms with E-state index in [4.69, 9.17) is 5.41 Å². The van der Waals surface area contributed by atoms with Crippen molar-refractivity contribution in [2.45, 2.75) is 39.0 Å². The van der Waals surface area contributed by atoms with E-state index in [1.807, 2.05) is 0 Å². The van der Waals surface area contributed by atoms with Crippen molar-refractivity contribution in [1.29, 1.82) is 5.41 Å². The van der Waals surface area contributed by atoms with E-state index >= 15 is 0 Å². The zero-order valence-corrected chi connectivity index (χ0v) is 7.90. The van der Waals surface area contributed by atoms with E-state index in [1.54, 1.807) is 0 Å². The second-order valence-corrected chi connectivity index (χ2v) is 4.46. The Morgan fingerprint density at radius 1 is 1.17 bits per heavy atom. The average Bonchev–Trinajstić information content (AvgIpc) is 2.85. The number of amidine groups is 1. The lowest BCUT2D eigenvalue weighted by Crippen LogP contribution is -2.39. The summed E-state index contributed by atoms with van der Waals surface area (Å²) in [5.41, 5.74) is 0.275. The molecule has 2 nitrogen and oxygen atoms in total. The Bertz CT molecular complexity index is 188. The second kappa shape index (κ2) is 2.75. The van der Waals surface area contributed by atoms with Crippen molar-refractivity contribution in [2.24, 2.45) is 5.41 Å². The van der Waals surface area contributed by atoms with Crippen LogP contribution in [0.15, 0.2) is 0 Å². The van der Waals surface area contributed by atoms with Crippen LogP contribution in [-0.4, -0.2) is 23.8 Å². The van der Waals surface area contributed by atoms with Crippen LogP contribution >= 0.6 is 0 Å². The summed E-state index contributed by atoms with van der Waals surface area (Å²) in [6.45, 7) is 4.49. The smallest absolute Gasteiger partial charge is 0.102 e. The minimum atomic E-state index is 0.275. The van der Waals surface area contributed by atoms with E-state index in [-0.39, 0.29) is 5.41 Å². The third-order valence-corrected chi connectivity index (χ3v) is 3.24. The van der Waals surface area contributed by atoms with E-state index in [9.17, 15) is 0 Å². The average molecular weight is 166 g/mol. The summed E-state index contributed by atoms with van der Waals surface area (Å²) in [6, 6.07) is 0. The maximum atomic E-state index is 8.02. The molecule has 0 aromatic carbocycles. The molecule has 1 saturated carbocycles. The number of rotatable bonds is 1. The summed E-state index contributed by atoms with van der Waals surface area (Å²) in [4.78, 5) is 2.29. The van der Waals surface area contributed by atoms with Crippen LogP contribution in [-0.2, 0) is 0 Å². The number of nitrogens with one attached hydrogen (secondary N) is 1. The first-order valence-corrected chi connectivity index (χ1v) is 5.06. The number of nitrogens with zero attached hydrogens (tertiary/aromatic N) is 1. The second-order valence-electron chi connectivity index (χ2n) is 4.46. The molecule has 0 spiro atoms. The monoisotopic (exact) mass is 166 g/mol. The van der Waals surface area contributed by atoms with Gasteiger partial charge in [0, 0.05) is 18.5 Å². The van der Waals surface area contributed by atoms with Crippen LogP contribution < -0.4 is 0 Å². The van der Waals surface area contributed by atoms with Gasteiger partial charge >= 0.3 is 0 Å². The summed E-state index contributed by atoms with van der Waals surface area (Å²) in [5.74, 6) is 0.919.